The molecule has 84 valence electrons. The predicted molar refractivity (Wildman–Crippen MR) is 57.2 cm³/mol. The van der Waals surface area contributed by atoms with Crippen LogP contribution >= 0.6 is 0 Å². The van der Waals surface area contributed by atoms with E-state index in [4.69, 9.17) is 5.26 Å². The molecule has 0 aliphatic carbocycles. The molecule has 0 atom stereocenters. The second kappa shape index (κ2) is 4.88. The van der Waals surface area contributed by atoms with Crippen LogP contribution in [0.25, 0.3) is 0 Å². The van der Waals surface area contributed by atoms with Crippen molar-refractivity contribution in [3.8, 4) is 6.07 Å². The fourth-order valence-electron chi connectivity index (χ4n) is 1.09. The minimum absolute atomic E-state index is 0.0181. The molecule has 1 aromatic carbocycles. The number of nitrogens with one attached hydrogen (secondary N) is 1. The van der Waals surface area contributed by atoms with Gasteiger partial charge in [0.05, 0.1) is 17.5 Å². The number of rotatable bonds is 4. The second-order valence-corrected chi connectivity index (χ2v) is 4.83. The van der Waals surface area contributed by atoms with Crippen molar-refractivity contribution in [2.75, 3.05) is 6.54 Å². The Bertz CT molecular complexity index is 543. The van der Waals surface area contributed by atoms with Gasteiger partial charge in [-0.05, 0) is 19.1 Å². The maximum Gasteiger partial charge on any atom is 0.241 e. The number of hydrogen-bond acceptors (Lipinski definition) is 4. The Kier molecular flexibility index (Phi) is 3.77. The summed E-state index contributed by atoms with van der Waals surface area (Å²) >= 11 is 0. The van der Waals surface area contributed by atoms with Gasteiger partial charge < -0.3 is 0 Å². The molecule has 1 N–H and O–H groups in total. The predicted octanol–water partition coefficient (Wildman–Crippen LogP) is 0.691. The lowest BCUT2D eigenvalue weighted by molar-refractivity contribution is 0.101. The zero-order chi connectivity index (χ0) is 12.2. The molecule has 1 aromatic rings. The SMILES string of the molecule is CC(=O)c1cccc(S(=O)(=O)NCC#N)c1. The van der Waals surface area contributed by atoms with Crippen LogP contribution in [-0.4, -0.2) is 20.7 Å². The van der Waals surface area contributed by atoms with E-state index in [1.165, 1.54) is 31.2 Å². The molecule has 0 aliphatic heterocycles. The number of sulfonamides is 1. The van der Waals surface area contributed by atoms with Crippen molar-refractivity contribution in [3.05, 3.63) is 29.8 Å². The van der Waals surface area contributed by atoms with Crippen LogP contribution in [0.15, 0.2) is 29.2 Å². The summed E-state index contributed by atoms with van der Waals surface area (Å²) in [6, 6.07) is 7.34. The van der Waals surface area contributed by atoms with Crippen LogP contribution < -0.4 is 4.72 Å². The molecule has 0 heterocycles. The largest absolute Gasteiger partial charge is 0.295 e. The molecular formula is C10H10N2O3S. The first-order valence-electron chi connectivity index (χ1n) is 4.45. The summed E-state index contributed by atoms with van der Waals surface area (Å²) in [4.78, 5) is 11.1. The first-order chi connectivity index (χ1) is 7.47. The van der Waals surface area contributed by atoms with Gasteiger partial charge in [-0.2, -0.15) is 9.98 Å². The molecule has 0 spiro atoms. The topological polar surface area (TPSA) is 87.0 Å². The molecule has 5 nitrogen and oxygen atoms in total. The number of hydrogen-bond donors (Lipinski definition) is 1. The number of nitrogens with zero attached hydrogens (tertiary/aromatic N) is 1. The summed E-state index contributed by atoms with van der Waals surface area (Å²) in [7, 11) is -3.70. The molecule has 0 unspecified atom stereocenters. The number of Topliss-reactive ketones (excluding diaryl/α,β-unsaturated/α-hetero) is 1. The monoisotopic (exact) mass is 238 g/mol. The van der Waals surface area contributed by atoms with E-state index in [0.29, 0.717) is 5.56 Å². The average molecular weight is 238 g/mol. The molecule has 0 saturated carbocycles. The van der Waals surface area contributed by atoms with E-state index < -0.39 is 10.0 Å². The fraction of sp³-hybridized carbons (Fsp3) is 0.200. The van der Waals surface area contributed by atoms with Gasteiger partial charge in [-0.25, -0.2) is 8.42 Å². The molecule has 0 fully saturated rings. The lowest BCUT2D eigenvalue weighted by atomic mass is 10.2. The van der Waals surface area contributed by atoms with Crippen molar-refractivity contribution in [1.29, 1.82) is 5.26 Å². The quantitative estimate of drug-likeness (QED) is 0.617. The zero-order valence-corrected chi connectivity index (χ0v) is 9.41. The highest BCUT2D eigenvalue weighted by Crippen LogP contribution is 2.11. The Hall–Kier alpha value is -1.71. The van der Waals surface area contributed by atoms with Crippen LogP contribution in [0.2, 0.25) is 0 Å². The van der Waals surface area contributed by atoms with Gasteiger partial charge in [0, 0.05) is 5.56 Å². The summed E-state index contributed by atoms with van der Waals surface area (Å²) in [6.07, 6.45) is 0. The molecule has 6 heteroatoms. The third-order valence-corrected chi connectivity index (χ3v) is 3.29. The van der Waals surface area contributed by atoms with Crippen molar-refractivity contribution in [2.24, 2.45) is 0 Å². The fourth-order valence-corrected chi connectivity index (χ4v) is 2.05. The van der Waals surface area contributed by atoms with E-state index in [-0.39, 0.29) is 17.2 Å². The van der Waals surface area contributed by atoms with Gasteiger partial charge in [0.15, 0.2) is 5.78 Å². The second-order valence-electron chi connectivity index (χ2n) is 3.07. The van der Waals surface area contributed by atoms with Crippen LogP contribution in [0.4, 0.5) is 0 Å². The Morgan fingerprint density at radius 2 is 2.19 bits per heavy atom. The van der Waals surface area contributed by atoms with E-state index in [1.54, 1.807) is 6.07 Å². The van der Waals surface area contributed by atoms with Gasteiger partial charge in [-0.1, -0.05) is 12.1 Å². The number of carbonyl (C=O) groups excluding carboxylic acids is 1. The molecule has 0 amide bonds. The minimum Gasteiger partial charge on any atom is -0.295 e. The summed E-state index contributed by atoms with van der Waals surface area (Å²) in [5.74, 6) is -0.211. The van der Waals surface area contributed by atoms with Crippen molar-refractivity contribution >= 4 is 15.8 Å². The maximum atomic E-state index is 11.6. The van der Waals surface area contributed by atoms with Crippen molar-refractivity contribution in [3.63, 3.8) is 0 Å². The van der Waals surface area contributed by atoms with Gasteiger partial charge in [0.1, 0.15) is 0 Å². The van der Waals surface area contributed by atoms with Crippen LogP contribution in [0, 0.1) is 11.3 Å². The Balaban J connectivity index is 3.10. The summed E-state index contributed by atoms with van der Waals surface area (Å²) in [5.41, 5.74) is 0.319. The highest BCUT2D eigenvalue weighted by Gasteiger charge is 2.14. The zero-order valence-electron chi connectivity index (χ0n) is 8.60. The number of carbonyl (C=O) groups is 1. The lowest BCUT2D eigenvalue weighted by Crippen LogP contribution is -2.24. The smallest absolute Gasteiger partial charge is 0.241 e. The first-order valence-corrected chi connectivity index (χ1v) is 5.93. The van der Waals surface area contributed by atoms with Crippen molar-refractivity contribution in [2.45, 2.75) is 11.8 Å². The number of nitriles is 1. The Labute approximate surface area is 93.8 Å². The third-order valence-electron chi connectivity index (χ3n) is 1.89. The van der Waals surface area contributed by atoms with Gasteiger partial charge >= 0.3 is 0 Å². The third kappa shape index (κ3) is 2.89. The highest BCUT2D eigenvalue weighted by atomic mass is 32.2. The normalized spacial score (nSPS) is 10.8. The molecule has 0 aromatic heterocycles. The maximum absolute atomic E-state index is 11.6. The van der Waals surface area contributed by atoms with E-state index in [0.717, 1.165) is 0 Å². The van der Waals surface area contributed by atoms with Gasteiger partial charge in [-0.3, -0.25) is 4.79 Å². The molecule has 16 heavy (non-hydrogen) atoms. The minimum atomic E-state index is -3.70. The van der Waals surface area contributed by atoms with Crippen LogP contribution in [0.5, 0.6) is 0 Å². The van der Waals surface area contributed by atoms with Crippen molar-refractivity contribution < 1.29 is 13.2 Å². The van der Waals surface area contributed by atoms with Gasteiger partial charge in [-0.15, -0.1) is 0 Å². The van der Waals surface area contributed by atoms with Crippen LogP contribution in [0.1, 0.15) is 17.3 Å². The standard InChI is InChI=1S/C10H10N2O3S/c1-8(13)9-3-2-4-10(7-9)16(14,15)12-6-5-11/h2-4,7,12H,6H2,1H3. The molecule has 0 bridgehead atoms. The average Bonchev–Trinajstić information content (AvgIpc) is 2.26. The van der Waals surface area contributed by atoms with Crippen molar-refractivity contribution in [1.82, 2.24) is 4.72 Å². The van der Waals surface area contributed by atoms with E-state index >= 15 is 0 Å². The summed E-state index contributed by atoms with van der Waals surface area (Å²) < 4.78 is 25.3. The van der Waals surface area contributed by atoms with Crippen LogP contribution in [-0.2, 0) is 10.0 Å². The summed E-state index contributed by atoms with van der Waals surface area (Å²) in [5, 5.41) is 8.29. The van der Waals surface area contributed by atoms with E-state index in [2.05, 4.69) is 4.72 Å². The van der Waals surface area contributed by atoms with Gasteiger partial charge in [0.2, 0.25) is 10.0 Å². The summed E-state index contributed by atoms with van der Waals surface area (Å²) in [6.45, 7) is 1.06. The highest BCUT2D eigenvalue weighted by molar-refractivity contribution is 7.89. The van der Waals surface area contributed by atoms with E-state index in [9.17, 15) is 13.2 Å². The molecule has 0 radical (unpaired) electrons. The molecule has 0 aliphatic rings. The first kappa shape index (κ1) is 12.4. The van der Waals surface area contributed by atoms with Gasteiger partial charge in [0.25, 0.3) is 0 Å². The molecular weight excluding hydrogens is 228 g/mol. The molecule has 0 saturated heterocycles. The van der Waals surface area contributed by atoms with E-state index in [1.807, 2.05) is 0 Å². The Morgan fingerprint density at radius 1 is 1.50 bits per heavy atom. The number of benzene rings is 1. The van der Waals surface area contributed by atoms with Crippen LogP contribution in [0.3, 0.4) is 0 Å². The Morgan fingerprint density at radius 3 is 2.75 bits per heavy atom. The molecule has 1 rings (SSSR count). The lowest BCUT2D eigenvalue weighted by Gasteiger charge is -2.04. The number of ketones is 1.